The first kappa shape index (κ1) is 16.0. The first-order chi connectivity index (χ1) is 11.0. The van der Waals surface area contributed by atoms with E-state index in [4.69, 9.17) is 0 Å². The molecule has 1 saturated heterocycles. The van der Waals surface area contributed by atoms with Crippen molar-refractivity contribution in [2.24, 2.45) is 0 Å². The number of rotatable bonds is 4. The Kier molecular flexibility index (Phi) is 4.39. The van der Waals surface area contributed by atoms with Gasteiger partial charge in [-0.3, -0.25) is 9.48 Å². The van der Waals surface area contributed by atoms with Gasteiger partial charge in [-0.05, 0) is 51.2 Å². The minimum absolute atomic E-state index is 0.0876. The zero-order valence-electron chi connectivity index (χ0n) is 14.1. The Morgan fingerprint density at radius 2 is 2.22 bits per heavy atom. The molecule has 2 aromatic rings. The molecule has 3 rings (SSSR count). The summed E-state index contributed by atoms with van der Waals surface area (Å²) in [5.41, 5.74) is 3.69. The van der Waals surface area contributed by atoms with Crippen LogP contribution in [-0.4, -0.2) is 44.6 Å². The number of carbonyl (C=O) groups is 1. The fourth-order valence-corrected chi connectivity index (χ4v) is 4.03. The van der Waals surface area contributed by atoms with Crippen molar-refractivity contribution < 1.29 is 4.79 Å². The van der Waals surface area contributed by atoms with E-state index in [2.05, 4.69) is 27.8 Å². The molecule has 0 unspecified atom stereocenters. The van der Waals surface area contributed by atoms with Gasteiger partial charge >= 0.3 is 0 Å². The summed E-state index contributed by atoms with van der Waals surface area (Å²) in [6.45, 7) is 7.53. The molecule has 1 amide bonds. The molecule has 1 fully saturated rings. The Morgan fingerprint density at radius 3 is 2.87 bits per heavy atom. The first-order valence-corrected chi connectivity index (χ1v) is 8.74. The molecule has 7 heteroatoms. The lowest BCUT2D eigenvalue weighted by Gasteiger charge is -2.25. The highest BCUT2D eigenvalue weighted by atomic mass is 32.1. The molecule has 3 heterocycles. The van der Waals surface area contributed by atoms with Crippen LogP contribution >= 0.6 is 11.5 Å². The molecular weight excluding hydrogens is 310 g/mol. The van der Waals surface area contributed by atoms with Gasteiger partial charge in [-0.1, -0.05) is 0 Å². The maximum atomic E-state index is 13.0. The van der Waals surface area contributed by atoms with E-state index >= 15 is 0 Å². The largest absolute Gasteiger partial charge is 0.378 e. The van der Waals surface area contributed by atoms with E-state index in [9.17, 15) is 4.79 Å². The molecule has 1 aliphatic heterocycles. The van der Waals surface area contributed by atoms with Crippen LogP contribution in [0.2, 0.25) is 0 Å². The van der Waals surface area contributed by atoms with E-state index in [1.54, 1.807) is 0 Å². The molecule has 0 radical (unpaired) electrons. The zero-order valence-corrected chi connectivity index (χ0v) is 14.9. The van der Waals surface area contributed by atoms with Crippen LogP contribution < -0.4 is 5.32 Å². The number of aromatic nitrogens is 3. The van der Waals surface area contributed by atoms with E-state index in [1.165, 1.54) is 11.5 Å². The quantitative estimate of drug-likeness (QED) is 0.934. The Morgan fingerprint density at radius 1 is 1.43 bits per heavy atom. The van der Waals surface area contributed by atoms with Crippen molar-refractivity contribution in [2.75, 3.05) is 18.9 Å². The molecule has 1 aliphatic rings. The van der Waals surface area contributed by atoms with Crippen molar-refractivity contribution in [3.05, 3.63) is 28.7 Å². The van der Waals surface area contributed by atoms with Gasteiger partial charge in [0.25, 0.3) is 5.91 Å². The van der Waals surface area contributed by atoms with Gasteiger partial charge in [0, 0.05) is 19.3 Å². The Labute approximate surface area is 140 Å². The van der Waals surface area contributed by atoms with Crippen molar-refractivity contribution >= 4 is 22.4 Å². The lowest BCUT2D eigenvalue weighted by molar-refractivity contribution is 0.0721. The molecule has 0 aliphatic carbocycles. The summed E-state index contributed by atoms with van der Waals surface area (Å²) in [6.07, 6.45) is 2.07. The van der Waals surface area contributed by atoms with E-state index in [0.717, 1.165) is 53.6 Å². The third-order valence-electron chi connectivity index (χ3n) is 4.43. The molecule has 124 valence electrons. The summed E-state index contributed by atoms with van der Waals surface area (Å²) in [6, 6.07) is 2.28. The van der Waals surface area contributed by atoms with Crippen LogP contribution in [0.1, 0.15) is 40.3 Å². The van der Waals surface area contributed by atoms with Crippen LogP contribution in [0.25, 0.3) is 0 Å². The summed E-state index contributed by atoms with van der Waals surface area (Å²) in [4.78, 5) is 15.0. The van der Waals surface area contributed by atoms with Crippen molar-refractivity contribution in [2.45, 2.75) is 46.2 Å². The highest BCUT2D eigenvalue weighted by Gasteiger charge is 2.33. The molecule has 0 aromatic carbocycles. The summed E-state index contributed by atoms with van der Waals surface area (Å²) < 4.78 is 6.34. The van der Waals surface area contributed by atoms with Gasteiger partial charge in [-0.25, -0.2) is 0 Å². The van der Waals surface area contributed by atoms with Crippen LogP contribution in [0.3, 0.4) is 0 Å². The first-order valence-electron chi connectivity index (χ1n) is 7.97. The Hall–Kier alpha value is -1.89. The van der Waals surface area contributed by atoms with Crippen LogP contribution in [0.15, 0.2) is 6.07 Å². The molecule has 0 bridgehead atoms. The van der Waals surface area contributed by atoms with Crippen LogP contribution in [-0.2, 0) is 6.54 Å². The Bertz CT molecular complexity index is 720. The van der Waals surface area contributed by atoms with Crippen molar-refractivity contribution in [1.29, 1.82) is 0 Å². The topological polar surface area (TPSA) is 63.1 Å². The number of nitrogens with zero attached hydrogens (tertiary/aromatic N) is 4. The second-order valence-corrected chi connectivity index (χ2v) is 6.90. The predicted octanol–water partition coefficient (Wildman–Crippen LogP) is 2.61. The van der Waals surface area contributed by atoms with Gasteiger partial charge in [-0.2, -0.15) is 9.47 Å². The van der Waals surface area contributed by atoms with E-state index in [0.29, 0.717) is 0 Å². The minimum Gasteiger partial charge on any atom is -0.378 e. The molecule has 1 atom stereocenters. The molecule has 6 nitrogen and oxygen atoms in total. The van der Waals surface area contributed by atoms with Crippen molar-refractivity contribution in [3.63, 3.8) is 0 Å². The molecule has 2 aromatic heterocycles. The summed E-state index contributed by atoms with van der Waals surface area (Å²) in [5.74, 6) is 0.0876. The highest BCUT2D eigenvalue weighted by Crippen LogP contribution is 2.29. The van der Waals surface area contributed by atoms with Crippen LogP contribution in [0.5, 0.6) is 0 Å². The van der Waals surface area contributed by atoms with Gasteiger partial charge in [0.05, 0.1) is 29.5 Å². The second-order valence-electron chi connectivity index (χ2n) is 6.13. The fraction of sp³-hybridized carbons (Fsp3) is 0.562. The standard InChI is InChI=1S/C16H23N5OS/c1-10-8-11(2)21(18-10)9-13-6-5-7-20(13)16(22)14-12(3)19-23-15(14)17-4/h8,13,17H,5-7,9H2,1-4H3/t13-/m1/s1. The summed E-state index contributed by atoms with van der Waals surface area (Å²) in [7, 11) is 1.83. The van der Waals surface area contributed by atoms with Gasteiger partial charge in [0.2, 0.25) is 0 Å². The number of nitrogens with one attached hydrogen (secondary N) is 1. The van der Waals surface area contributed by atoms with Crippen molar-refractivity contribution in [3.8, 4) is 0 Å². The number of likely N-dealkylation sites (tertiary alicyclic amines) is 1. The maximum absolute atomic E-state index is 13.0. The normalized spacial score (nSPS) is 17.7. The van der Waals surface area contributed by atoms with Crippen LogP contribution in [0.4, 0.5) is 5.00 Å². The van der Waals surface area contributed by atoms with E-state index in [-0.39, 0.29) is 11.9 Å². The number of hydrogen-bond acceptors (Lipinski definition) is 5. The number of carbonyl (C=O) groups excluding carboxylic acids is 1. The molecular formula is C16H23N5OS. The summed E-state index contributed by atoms with van der Waals surface area (Å²) >= 11 is 1.35. The SMILES string of the molecule is CNc1snc(C)c1C(=O)N1CCC[C@@H]1Cn1nc(C)cc1C. The third-order valence-corrected chi connectivity index (χ3v) is 5.38. The van der Waals surface area contributed by atoms with E-state index in [1.807, 2.05) is 30.5 Å². The van der Waals surface area contributed by atoms with Gasteiger partial charge in [0.15, 0.2) is 0 Å². The number of aryl methyl sites for hydroxylation is 3. The van der Waals surface area contributed by atoms with Gasteiger partial charge < -0.3 is 10.2 Å². The molecule has 23 heavy (non-hydrogen) atoms. The summed E-state index contributed by atoms with van der Waals surface area (Å²) in [5, 5.41) is 8.48. The van der Waals surface area contributed by atoms with Gasteiger partial charge in [-0.15, -0.1) is 0 Å². The van der Waals surface area contributed by atoms with Crippen molar-refractivity contribution in [1.82, 2.24) is 19.1 Å². The molecule has 0 spiro atoms. The average molecular weight is 333 g/mol. The second kappa shape index (κ2) is 6.31. The highest BCUT2D eigenvalue weighted by molar-refractivity contribution is 7.10. The number of anilines is 1. The smallest absolute Gasteiger partial charge is 0.259 e. The minimum atomic E-state index is 0.0876. The Balaban J connectivity index is 1.82. The number of amides is 1. The number of hydrogen-bond donors (Lipinski definition) is 1. The maximum Gasteiger partial charge on any atom is 0.259 e. The van der Waals surface area contributed by atoms with Gasteiger partial charge in [0.1, 0.15) is 5.00 Å². The monoisotopic (exact) mass is 333 g/mol. The van der Waals surface area contributed by atoms with E-state index < -0.39 is 0 Å². The lowest BCUT2D eigenvalue weighted by Crippen LogP contribution is -2.38. The molecule has 0 saturated carbocycles. The van der Waals surface area contributed by atoms with Crippen LogP contribution in [0, 0.1) is 20.8 Å². The lowest BCUT2D eigenvalue weighted by atomic mass is 10.1. The predicted molar refractivity (Wildman–Crippen MR) is 92.2 cm³/mol. The zero-order chi connectivity index (χ0) is 16.6. The molecule has 1 N–H and O–H groups in total. The fourth-order valence-electron chi connectivity index (χ4n) is 3.29. The average Bonchev–Trinajstić information content (AvgIpc) is 3.19. The third kappa shape index (κ3) is 2.97.